The number of fused-ring (bicyclic) bond motifs is 1. The molecule has 7 nitrogen and oxygen atoms in total. The van der Waals surface area contributed by atoms with E-state index >= 15 is 0 Å². The predicted octanol–water partition coefficient (Wildman–Crippen LogP) is 4.07. The number of aromatic amines is 1. The zero-order chi connectivity index (χ0) is 24.6. The summed E-state index contributed by atoms with van der Waals surface area (Å²) in [6.45, 7) is 0.553. The van der Waals surface area contributed by atoms with Crippen molar-refractivity contribution in [2.45, 2.75) is 31.3 Å². The number of rotatable bonds is 6. The molecule has 4 aromatic rings. The van der Waals surface area contributed by atoms with Crippen molar-refractivity contribution in [2.24, 2.45) is 0 Å². The minimum Gasteiger partial charge on any atom is -0.391 e. The fraction of sp³-hybridized carbons (Fsp3) is 0.200. The maximum Gasteiger partial charge on any atom is 0.416 e. The van der Waals surface area contributed by atoms with Crippen molar-refractivity contribution in [3.05, 3.63) is 106 Å². The summed E-state index contributed by atoms with van der Waals surface area (Å²) >= 11 is 0. The molecule has 180 valence electrons. The van der Waals surface area contributed by atoms with Gasteiger partial charge in [-0.1, -0.05) is 42.5 Å². The molecule has 2 atom stereocenters. The van der Waals surface area contributed by atoms with Crippen molar-refractivity contribution in [3.8, 4) is 5.69 Å². The Morgan fingerprint density at radius 1 is 1.06 bits per heavy atom. The molecular weight excluding hydrogens is 459 g/mol. The van der Waals surface area contributed by atoms with Gasteiger partial charge in [-0.3, -0.25) is 4.98 Å². The summed E-state index contributed by atoms with van der Waals surface area (Å²) in [5.41, 5.74) is 2.38. The van der Waals surface area contributed by atoms with Gasteiger partial charge in [0.25, 0.3) is 0 Å². The van der Waals surface area contributed by atoms with Crippen LogP contribution in [0.4, 0.5) is 24.8 Å². The van der Waals surface area contributed by atoms with Crippen molar-refractivity contribution in [3.63, 3.8) is 0 Å². The average Bonchev–Trinajstić information content (AvgIpc) is 3.36. The van der Waals surface area contributed by atoms with Crippen LogP contribution in [0.5, 0.6) is 0 Å². The normalized spacial score (nSPS) is 17.4. The second kappa shape index (κ2) is 9.05. The lowest BCUT2D eigenvalue weighted by Crippen LogP contribution is -2.28. The number of nitrogens with zero attached hydrogens (tertiary/aromatic N) is 2. The molecule has 0 unspecified atom stereocenters. The molecule has 0 amide bonds. The third kappa shape index (κ3) is 4.84. The number of H-pyrrole nitrogens is 1. The van der Waals surface area contributed by atoms with E-state index in [1.165, 1.54) is 12.1 Å². The van der Waals surface area contributed by atoms with Crippen LogP contribution in [0.1, 0.15) is 28.3 Å². The van der Waals surface area contributed by atoms with E-state index in [2.05, 4.69) is 20.7 Å². The number of anilines is 2. The Bertz CT molecular complexity index is 1400. The highest BCUT2D eigenvalue weighted by Crippen LogP contribution is 2.32. The number of halogens is 3. The van der Waals surface area contributed by atoms with Gasteiger partial charge in [-0.2, -0.15) is 17.9 Å². The van der Waals surface area contributed by atoms with E-state index in [-0.39, 0.29) is 17.7 Å². The van der Waals surface area contributed by atoms with Crippen LogP contribution in [0.3, 0.4) is 0 Å². The molecule has 0 saturated carbocycles. The number of nitrogens with one attached hydrogen (secondary N) is 3. The molecule has 1 aliphatic rings. The summed E-state index contributed by atoms with van der Waals surface area (Å²) in [4.78, 5) is 14.8. The maximum absolute atomic E-state index is 13.0. The van der Waals surface area contributed by atoms with Gasteiger partial charge in [0.15, 0.2) is 0 Å². The van der Waals surface area contributed by atoms with Gasteiger partial charge in [-0.15, -0.1) is 5.10 Å². The average molecular weight is 481 g/mol. The number of benzene rings is 3. The van der Waals surface area contributed by atoms with E-state index in [4.69, 9.17) is 0 Å². The Balaban J connectivity index is 1.25. The third-order valence-electron chi connectivity index (χ3n) is 5.98. The van der Waals surface area contributed by atoms with Crippen molar-refractivity contribution in [1.82, 2.24) is 20.1 Å². The van der Waals surface area contributed by atoms with E-state index in [0.717, 1.165) is 33.5 Å². The molecule has 1 aromatic heterocycles. The molecule has 1 aliphatic carbocycles. The van der Waals surface area contributed by atoms with Crippen molar-refractivity contribution in [1.29, 1.82) is 0 Å². The van der Waals surface area contributed by atoms with Crippen LogP contribution in [-0.4, -0.2) is 26.0 Å². The summed E-state index contributed by atoms with van der Waals surface area (Å²) < 4.78 is 39.9. The lowest BCUT2D eigenvalue weighted by molar-refractivity contribution is -0.137. The van der Waals surface area contributed by atoms with Gasteiger partial charge in [-0.05, 0) is 47.0 Å². The summed E-state index contributed by atoms with van der Waals surface area (Å²) in [6, 6.07) is 19.6. The van der Waals surface area contributed by atoms with Crippen LogP contribution in [-0.2, 0) is 19.1 Å². The van der Waals surface area contributed by atoms with E-state index in [1.54, 1.807) is 12.1 Å². The fourth-order valence-electron chi connectivity index (χ4n) is 4.26. The minimum atomic E-state index is -4.52. The SMILES string of the molecule is O=c1[nH]c(Nc2ccc(CN[C@@H]3c4ccccc4C[C@@H]3O)cc2)nn1-c1cccc(C(F)(F)F)c1. The third-order valence-corrected chi connectivity index (χ3v) is 5.98. The fourth-order valence-corrected chi connectivity index (χ4v) is 4.26. The second-order valence-electron chi connectivity index (χ2n) is 8.39. The van der Waals surface area contributed by atoms with E-state index < -0.39 is 23.5 Å². The standard InChI is InChI=1S/C25H22F3N5O2/c26-25(27,28)17-5-3-6-19(13-17)33-24(35)31-23(32-33)30-18-10-8-15(9-11-18)14-29-22-20-7-2-1-4-16(20)12-21(22)34/h1-11,13,21-22,29,34H,12,14H2,(H2,30,31,32,35)/t21-,22+/m0/s1. The lowest BCUT2D eigenvalue weighted by atomic mass is 10.1. The van der Waals surface area contributed by atoms with Gasteiger partial charge in [-0.25, -0.2) is 4.79 Å². The molecule has 0 spiro atoms. The molecule has 0 bridgehead atoms. The molecule has 0 radical (unpaired) electrons. The van der Waals surface area contributed by atoms with Crippen LogP contribution in [0.2, 0.25) is 0 Å². The monoisotopic (exact) mass is 481 g/mol. The second-order valence-corrected chi connectivity index (χ2v) is 8.39. The molecule has 0 saturated heterocycles. The number of alkyl halides is 3. The highest BCUT2D eigenvalue weighted by Gasteiger charge is 2.31. The van der Waals surface area contributed by atoms with Crippen LogP contribution < -0.4 is 16.3 Å². The van der Waals surface area contributed by atoms with E-state index in [1.807, 2.05) is 36.4 Å². The zero-order valence-electron chi connectivity index (χ0n) is 18.4. The summed E-state index contributed by atoms with van der Waals surface area (Å²) in [5, 5.41) is 20.8. The van der Waals surface area contributed by atoms with Crippen LogP contribution in [0, 0.1) is 0 Å². The molecule has 3 aromatic carbocycles. The van der Waals surface area contributed by atoms with Gasteiger partial charge in [0.05, 0.1) is 23.4 Å². The summed E-state index contributed by atoms with van der Waals surface area (Å²) in [7, 11) is 0. The van der Waals surface area contributed by atoms with Crippen molar-refractivity contribution in [2.75, 3.05) is 5.32 Å². The van der Waals surface area contributed by atoms with Crippen LogP contribution >= 0.6 is 0 Å². The first kappa shape index (κ1) is 22.9. The first-order valence-corrected chi connectivity index (χ1v) is 11.0. The molecule has 0 fully saturated rings. The van der Waals surface area contributed by atoms with E-state index in [0.29, 0.717) is 18.7 Å². The quantitative estimate of drug-likeness (QED) is 0.333. The highest BCUT2D eigenvalue weighted by molar-refractivity contribution is 5.53. The number of hydrogen-bond acceptors (Lipinski definition) is 5. The molecule has 35 heavy (non-hydrogen) atoms. The van der Waals surface area contributed by atoms with Gasteiger partial charge in [0.1, 0.15) is 0 Å². The van der Waals surface area contributed by atoms with Gasteiger partial charge in [0.2, 0.25) is 5.95 Å². The van der Waals surface area contributed by atoms with Gasteiger partial charge < -0.3 is 15.7 Å². The Morgan fingerprint density at radius 3 is 2.60 bits per heavy atom. The molecule has 1 heterocycles. The number of aromatic nitrogens is 3. The number of hydrogen-bond donors (Lipinski definition) is 4. The first-order valence-electron chi connectivity index (χ1n) is 11.0. The largest absolute Gasteiger partial charge is 0.416 e. The summed E-state index contributed by atoms with van der Waals surface area (Å²) in [5.74, 6) is 0.101. The first-order chi connectivity index (χ1) is 16.8. The summed E-state index contributed by atoms with van der Waals surface area (Å²) in [6.07, 6.45) is -4.37. The molecule has 10 heteroatoms. The highest BCUT2D eigenvalue weighted by atomic mass is 19.4. The number of aliphatic hydroxyl groups excluding tert-OH is 1. The van der Waals surface area contributed by atoms with E-state index in [9.17, 15) is 23.1 Å². The molecule has 0 aliphatic heterocycles. The maximum atomic E-state index is 13.0. The Hall–Kier alpha value is -3.89. The van der Waals surface area contributed by atoms with Gasteiger partial charge >= 0.3 is 11.9 Å². The van der Waals surface area contributed by atoms with Crippen LogP contribution in [0.25, 0.3) is 5.69 Å². The van der Waals surface area contributed by atoms with Crippen LogP contribution in [0.15, 0.2) is 77.6 Å². The Morgan fingerprint density at radius 2 is 1.83 bits per heavy atom. The topological polar surface area (TPSA) is 95.0 Å². The lowest BCUT2D eigenvalue weighted by Gasteiger charge is -2.18. The Labute approximate surface area is 198 Å². The molecule has 5 rings (SSSR count). The Kier molecular flexibility index (Phi) is 5.91. The van der Waals surface area contributed by atoms with Gasteiger partial charge in [0, 0.05) is 18.7 Å². The van der Waals surface area contributed by atoms with Crippen molar-refractivity contribution >= 4 is 11.6 Å². The smallest absolute Gasteiger partial charge is 0.391 e. The van der Waals surface area contributed by atoms with Crippen molar-refractivity contribution < 1.29 is 18.3 Å². The minimum absolute atomic E-state index is 0.00576. The predicted molar refractivity (Wildman–Crippen MR) is 125 cm³/mol. The molecule has 4 N–H and O–H groups in total. The zero-order valence-corrected chi connectivity index (χ0v) is 18.4. The number of aliphatic hydroxyl groups is 1. The molecular formula is C25H22F3N5O2.